The lowest BCUT2D eigenvalue weighted by molar-refractivity contribution is 0.669. The van der Waals surface area contributed by atoms with Gasteiger partial charge in [0.05, 0.1) is 27.8 Å². The van der Waals surface area contributed by atoms with Crippen LogP contribution in [0.3, 0.4) is 0 Å². The largest absolute Gasteiger partial charge is 0.456 e. The normalized spacial score (nSPS) is 12.5. The van der Waals surface area contributed by atoms with Crippen LogP contribution in [-0.2, 0) is 0 Å². The van der Waals surface area contributed by atoms with Gasteiger partial charge in [0.15, 0.2) is 0 Å². The maximum atomic E-state index is 6.56. The molecule has 3 heteroatoms. The van der Waals surface area contributed by atoms with Crippen molar-refractivity contribution >= 4 is 87.1 Å². The van der Waals surface area contributed by atoms with E-state index < -0.39 is 0 Å². The van der Waals surface area contributed by atoms with Crippen molar-refractivity contribution in [1.29, 1.82) is 0 Å². The standard InChI is InChI=1S/C50H28N2O/c1-2-14-32-29(10-1)11-9-20-43(32)52-44-19-5-3-15-34(44)38-24-25-39-41-27-42-35-16-4-6-21-46(35)53-47(42)28-45(41)51(49(39)50(38)52)31-22-23-33-36-17-7-12-30-13-8-18-37(48(30)36)40(33)26-31/h1-28H. The molecule has 3 heterocycles. The van der Waals surface area contributed by atoms with Crippen LogP contribution >= 0.6 is 0 Å². The smallest absolute Gasteiger partial charge is 0.137 e. The fraction of sp³-hybridized carbons (Fsp3) is 0. The first-order chi connectivity index (χ1) is 26.3. The number of nitrogens with zero attached hydrogens (tertiary/aromatic N) is 2. The molecule has 0 bridgehead atoms. The van der Waals surface area contributed by atoms with Crippen LogP contribution in [0.15, 0.2) is 174 Å². The lowest BCUT2D eigenvalue weighted by Gasteiger charge is -2.15. The average molecular weight is 673 g/mol. The minimum absolute atomic E-state index is 0.895. The Morgan fingerprint density at radius 1 is 0.340 bits per heavy atom. The van der Waals surface area contributed by atoms with Gasteiger partial charge in [-0.1, -0.05) is 127 Å². The third-order valence-corrected chi connectivity index (χ3v) is 11.8. The van der Waals surface area contributed by atoms with Crippen LogP contribution in [0.2, 0.25) is 0 Å². The molecule has 0 saturated heterocycles. The van der Waals surface area contributed by atoms with Crippen molar-refractivity contribution in [3.63, 3.8) is 0 Å². The van der Waals surface area contributed by atoms with E-state index in [1.54, 1.807) is 0 Å². The van der Waals surface area contributed by atoms with Gasteiger partial charge in [0.1, 0.15) is 11.2 Å². The molecule has 3 aromatic heterocycles. The highest BCUT2D eigenvalue weighted by Gasteiger charge is 2.26. The van der Waals surface area contributed by atoms with Crippen molar-refractivity contribution in [3.8, 4) is 33.6 Å². The van der Waals surface area contributed by atoms with Gasteiger partial charge < -0.3 is 13.6 Å². The predicted octanol–water partition coefficient (Wildman–Crippen LogP) is 13.7. The molecule has 0 aliphatic heterocycles. The van der Waals surface area contributed by atoms with Crippen molar-refractivity contribution in [1.82, 2.24) is 9.13 Å². The summed E-state index contributed by atoms with van der Waals surface area (Å²) in [6.07, 6.45) is 0. The number of hydrogen-bond donors (Lipinski definition) is 0. The van der Waals surface area contributed by atoms with E-state index in [-0.39, 0.29) is 0 Å². The summed E-state index contributed by atoms with van der Waals surface area (Å²) in [5.74, 6) is 0. The molecule has 244 valence electrons. The quantitative estimate of drug-likeness (QED) is 0.179. The summed E-state index contributed by atoms with van der Waals surface area (Å²) >= 11 is 0. The summed E-state index contributed by atoms with van der Waals surface area (Å²) < 4.78 is 11.6. The highest BCUT2D eigenvalue weighted by Crippen LogP contribution is 2.49. The zero-order valence-electron chi connectivity index (χ0n) is 28.5. The molecular formula is C50H28N2O. The van der Waals surface area contributed by atoms with E-state index in [0.29, 0.717) is 0 Å². The first-order valence-corrected chi connectivity index (χ1v) is 18.3. The molecule has 12 aromatic rings. The number of furan rings is 1. The summed E-state index contributed by atoms with van der Waals surface area (Å²) in [6.45, 7) is 0. The fourth-order valence-electron chi connectivity index (χ4n) is 9.61. The van der Waals surface area contributed by atoms with E-state index in [1.165, 1.54) is 87.6 Å². The third-order valence-electron chi connectivity index (χ3n) is 11.8. The topological polar surface area (TPSA) is 23.0 Å². The Balaban J connectivity index is 1.24. The van der Waals surface area contributed by atoms with Gasteiger partial charge in [-0.15, -0.1) is 0 Å². The van der Waals surface area contributed by atoms with Crippen molar-refractivity contribution in [2.45, 2.75) is 0 Å². The second-order valence-electron chi connectivity index (χ2n) is 14.4. The molecule has 3 nitrogen and oxygen atoms in total. The van der Waals surface area contributed by atoms with Crippen LogP contribution in [0.1, 0.15) is 0 Å². The molecule has 0 N–H and O–H groups in total. The van der Waals surface area contributed by atoms with Crippen LogP contribution in [0.5, 0.6) is 0 Å². The Kier molecular flexibility index (Phi) is 5.11. The molecular weight excluding hydrogens is 645 g/mol. The maximum Gasteiger partial charge on any atom is 0.137 e. The molecule has 0 radical (unpaired) electrons. The van der Waals surface area contributed by atoms with E-state index in [4.69, 9.17) is 4.42 Å². The van der Waals surface area contributed by atoms with Crippen molar-refractivity contribution in [2.75, 3.05) is 0 Å². The Labute approximate surface area is 303 Å². The lowest BCUT2D eigenvalue weighted by atomic mass is 10.0. The minimum atomic E-state index is 0.895. The molecule has 0 atom stereocenters. The average Bonchev–Trinajstić information content (AvgIpc) is 3.94. The number of hydrogen-bond acceptors (Lipinski definition) is 1. The Hall–Kier alpha value is -7.10. The van der Waals surface area contributed by atoms with Gasteiger partial charge in [-0.2, -0.15) is 0 Å². The SMILES string of the molecule is c1ccc2c(-n3c4ccccc4c4ccc5c6cc7c(cc6n(-c6ccc8c(c6)-c6cccc9cccc-8c69)c5c43)oc3ccccc37)cccc2c1. The molecule has 0 spiro atoms. The first kappa shape index (κ1) is 27.6. The lowest BCUT2D eigenvalue weighted by Crippen LogP contribution is -1.99. The number of para-hydroxylation sites is 2. The van der Waals surface area contributed by atoms with Gasteiger partial charge >= 0.3 is 0 Å². The fourth-order valence-corrected chi connectivity index (χ4v) is 9.61. The van der Waals surface area contributed by atoms with Crippen LogP contribution in [0.4, 0.5) is 0 Å². The van der Waals surface area contributed by atoms with Crippen LogP contribution in [-0.4, -0.2) is 9.13 Å². The van der Waals surface area contributed by atoms with Crippen LogP contribution < -0.4 is 0 Å². The summed E-state index contributed by atoms with van der Waals surface area (Å²) in [4.78, 5) is 0. The minimum Gasteiger partial charge on any atom is -0.456 e. The van der Waals surface area contributed by atoms with Crippen molar-refractivity contribution in [2.24, 2.45) is 0 Å². The molecule has 1 aliphatic rings. The molecule has 53 heavy (non-hydrogen) atoms. The molecule has 0 saturated carbocycles. The number of benzene rings is 9. The van der Waals surface area contributed by atoms with Crippen molar-refractivity contribution < 1.29 is 4.42 Å². The van der Waals surface area contributed by atoms with Gasteiger partial charge in [-0.25, -0.2) is 0 Å². The summed E-state index contributed by atoms with van der Waals surface area (Å²) in [5, 5.41) is 12.2. The highest BCUT2D eigenvalue weighted by atomic mass is 16.3. The van der Waals surface area contributed by atoms with Crippen LogP contribution in [0, 0.1) is 0 Å². The number of rotatable bonds is 2. The molecule has 0 amide bonds. The van der Waals surface area contributed by atoms with Gasteiger partial charge in [0, 0.05) is 49.5 Å². The zero-order valence-corrected chi connectivity index (χ0v) is 28.5. The molecule has 0 fully saturated rings. The summed E-state index contributed by atoms with van der Waals surface area (Å²) in [7, 11) is 0. The Morgan fingerprint density at radius 2 is 1.02 bits per heavy atom. The Morgan fingerprint density at radius 3 is 1.91 bits per heavy atom. The molecule has 13 rings (SSSR count). The molecule has 1 aliphatic carbocycles. The molecule has 0 unspecified atom stereocenters. The van der Waals surface area contributed by atoms with E-state index in [0.717, 1.165) is 33.1 Å². The highest BCUT2D eigenvalue weighted by molar-refractivity contribution is 6.26. The summed E-state index contributed by atoms with van der Waals surface area (Å²) in [5.41, 5.74) is 14.0. The van der Waals surface area contributed by atoms with Gasteiger partial charge in [-0.05, 0) is 74.8 Å². The van der Waals surface area contributed by atoms with Crippen molar-refractivity contribution in [3.05, 3.63) is 170 Å². The number of aromatic nitrogens is 2. The van der Waals surface area contributed by atoms with Gasteiger partial charge in [0.25, 0.3) is 0 Å². The Bertz CT molecular complexity index is 3560. The maximum absolute atomic E-state index is 6.56. The second-order valence-corrected chi connectivity index (χ2v) is 14.4. The van der Waals surface area contributed by atoms with Crippen LogP contribution in [0.25, 0.3) is 121 Å². The first-order valence-electron chi connectivity index (χ1n) is 18.3. The van der Waals surface area contributed by atoms with Gasteiger partial charge in [-0.3, -0.25) is 0 Å². The predicted molar refractivity (Wildman–Crippen MR) is 222 cm³/mol. The van der Waals surface area contributed by atoms with Gasteiger partial charge in [0.2, 0.25) is 0 Å². The van der Waals surface area contributed by atoms with E-state index in [1.807, 2.05) is 6.07 Å². The van der Waals surface area contributed by atoms with E-state index >= 15 is 0 Å². The third kappa shape index (κ3) is 3.49. The monoisotopic (exact) mass is 672 g/mol. The van der Waals surface area contributed by atoms with E-state index in [9.17, 15) is 0 Å². The van der Waals surface area contributed by atoms with E-state index in [2.05, 4.69) is 173 Å². The second kappa shape index (κ2) is 9.81. The summed E-state index contributed by atoms with van der Waals surface area (Å²) in [6, 6.07) is 62.4. The molecule has 9 aromatic carbocycles. The zero-order chi connectivity index (χ0) is 34.4. The number of fused-ring (bicyclic) bond motifs is 14.